The van der Waals surface area contributed by atoms with Gasteiger partial charge in [0.1, 0.15) is 10.8 Å². The van der Waals surface area contributed by atoms with Gasteiger partial charge in [0, 0.05) is 23.5 Å². The smallest absolute Gasteiger partial charge is 0.406 e. The minimum atomic E-state index is -4.67. The summed E-state index contributed by atoms with van der Waals surface area (Å²) in [4.78, 5) is 4.45. The van der Waals surface area contributed by atoms with Crippen LogP contribution < -0.4 is 10.1 Å². The average Bonchev–Trinajstić information content (AvgIpc) is 2.84. The van der Waals surface area contributed by atoms with E-state index in [0.717, 1.165) is 16.3 Å². The maximum absolute atomic E-state index is 12.1. The van der Waals surface area contributed by atoms with Crippen LogP contribution in [0.25, 0.3) is 11.3 Å². The van der Waals surface area contributed by atoms with Crippen LogP contribution in [0.15, 0.2) is 29.6 Å². The number of nitrogens with one attached hydrogen (secondary N) is 1. The van der Waals surface area contributed by atoms with Crippen molar-refractivity contribution >= 4 is 11.3 Å². The molecule has 0 unspecified atom stereocenters. The van der Waals surface area contributed by atoms with E-state index in [-0.39, 0.29) is 5.75 Å². The molecule has 7 heteroatoms. The molecule has 114 valence electrons. The molecule has 0 fully saturated rings. The highest BCUT2D eigenvalue weighted by Crippen LogP contribution is 2.27. The van der Waals surface area contributed by atoms with Crippen LogP contribution in [0.1, 0.15) is 18.9 Å². The fourth-order valence-corrected chi connectivity index (χ4v) is 2.40. The number of hydrogen-bond acceptors (Lipinski definition) is 4. The lowest BCUT2D eigenvalue weighted by molar-refractivity contribution is -0.274. The van der Waals surface area contributed by atoms with Gasteiger partial charge in [-0.15, -0.1) is 24.5 Å². The molecular weight excluding hydrogens is 301 g/mol. The standard InChI is InChI=1S/C14H15F3N2OS/c1-9(2)18-7-13-19-12(8-21-13)10-3-5-11(6-4-10)20-14(15,16)17/h3-6,8-9,18H,7H2,1-2H3. The normalized spacial score (nSPS) is 11.9. The van der Waals surface area contributed by atoms with Gasteiger partial charge >= 0.3 is 6.36 Å². The monoisotopic (exact) mass is 316 g/mol. The molecule has 2 aromatic rings. The number of benzene rings is 1. The van der Waals surface area contributed by atoms with Gasteiger partial charge in [0.2, 0.25) is 0 Å². The Hall–Kier alpha value is -1.60. The molecule has 0 atom stereocenters. The van der Waals surface area contributed by atoms with E-state index >= 15 is 0 Å². The first-order chi connectivity index (χ1) is 9.83. The molecule has 0 saturated heterocycles. The van der Waals surface area contributed by atoms with Gasteiger partial charge in [-0.1, -0.05) is 13.8 Å². The molecular formula is C14H15F3N2OS. The summed E-state index contributed by atoms with van der Waals surface area (Å²) in [7, 11) is 0. The first-order valence-corrected chi connectivity index (χ1v) is 7.25. The fraction of sp³-hybridized carbons (Fsp3) is 0.357. The van der Waals surface area contributed by atoms with Gasteiger partial charge in [0.05, 0.1) is 5.69 Å². The fourth-order valence-electron chi connectivity index (χ4n) is 1.64. The molecule has 1 aromatic heterocycles. The van der Waals surface area contributed by atoms with Crippen molar-refractivity contribution in [2.75, 3.05) is 0 Å². The number of thiazole rings is 1. The molecule has 1 N–H and O–H groups in total. The third kappa shape index (κ3) is 5.02. The maximum atomic E-state index is 12.1. The van der Waals surface area contributed by atoms with Crippen molar-refractivity contribution < 1.29 is 17.9 Å². The van der Waals surface area contributed by atoms with E-state index in [2.05, 4.69) is 15.0 Å². The average molecular weight is 316 g/mol. The zero-order valence-electron chi connectivity index (χ0n) is 11.6. The molecule has 0 bridgehead atoms. The number of halogens is 3. The van der Waals surface area contributed by atoms with Crippen LogP contribution in [0.4, 0.5) is 13.2 Å². The van der Waals surface area contributed by atoms with Gasteiger partial charge < -0.3 is 10.1 Å². The third-order valence-electron chi connectivity index (χ3n) is 2.60. The van der Waals surface area contributed by atoms with E-state index in [9.17, 15) is 13.2 Å². The molecule has 0 spiro atoms. The summed E-state index contributed by atoms with van der Waals surface area (Å²) in [6, 6.07) is 6.07. The van der Waals surface area contributed by atoms with E-state index < -0.39 is 6.36 Å². The van der Waals surface area contributed by atoms with Crippen LogP contribution in [0, 0.1) is 0 Å². The van der Waals surface area contributed by atoms with E-state index in [4.69, 9.17) is 0 Å². The highest BCUT2D eigenvalue weighted by molar-refractivity contribution is 7.09. The number of nitrogens with zero attached hydrogens (tertiary/aromatic N) is 1. The first-order valence-electron chi connectivity index (χ1n) is 6.37. The molecule has 0 radical (unpaired) electrons. The van der Waals surface area contributed by atoms with Crippen molar-refractivity contribution in [1.82, 2.24) is 10.3 Å². The molecule has 0 amide bonds. The van der Waals surface area contributed by atoms with Gasteiger partial charge in [0.15, 0.2) is 0 Å². The van der Waals surface area contributed by atoms with E-state index in [1.54, 1.807) is 12.1 Å². The van der Waals surface area contributed by atoms with Gasteiger partial charge in [0.25, 0.3) is 0 Å². The van der Waals surface area contributed by atoms with Gasteiger partial charge in [-0.25, -0.2) is 4.98 Å². The number of hydrogen-bond donors (Lipinski definition) is 1. The summed E-state index contributed by atoms with van der Waals surface area (Å²) in [5.41, 5.74) is 1.51. The molecule has 2 rings (SSSR count). The van der Waals surface area contributed by atoms with Crippen LogP contribution in [-0.2, 0) is 6.54 Å². The van der Waals surface area contributed by atoms with Crippen LogP contribution >= 0.6 is 11.3 Å². The van der Waals surface area contributed by atoms with Crippen LogP contribution in [-0.4, -0.2) is 17.4 Å². The Balaban J connectivity index is 2.05. The Morgan fingerprint density at radius 3 is 2.48 bits per heavy atom. The quantitative estimate of drug-likeness (QED) is 0.897. The largest absolute Gasteiger partial charge is 0.573 e. The Labute approximate surface area is 124 Å². The first kappa shape index (κ1) is 15.8. The number of ether oxygens (including phenoxy) is 1. The summed E-state index contributed by atoms with van der Waals surface area (Å²) < 4.78 is 40.1. The zero-order chi connectivity index (χ0) is 15.5. The van der Waals surface area contributed by atoms with Crippen molar-refractivity contribution in [2.24, 2.45) is 0 Å². The van der Waals surface area contributed by atoms with Crippen LogP contribution in [0.2, 0.25) is 0 Å². The van der Waals surface area contributed by atoms with Gasteiger partial charge in [-0.3, -0.25) is 0 Å². The molecule has 0 aliphatic heterocycles. The Bertz CT molecular complexity index is 579. The lowest BCUT2D eigenvalue weighted by Gasteiger charge is -2.08. The van der Waals surface area contributed by atoms with E-state index in [0.29, 0.717) is 12.6 Å². The van der Waals surface area contributed by atoms with Crippen molar-refractivity contribution in [3.8, 4) is 17.0 Å². The second kappa shape index (κ2) is 6.44. The topological polar surface area (TPSA) is 34.2 Å². The lowest BCUT2D eigenvalue weighted by atomic mass is 10.2. The minimum absolute atomic E-state index is 0.233. The van der Waals surface area contributed by atoms with Crippen molar-refractivity contribution in [2.45, 2.75) is 32.8 Å². The number of aromatic nitrogens is 1. The molecule has 1 heterocycles. The molecule has 1 aromatic carbocycles. The van der Waals surface area contributed by atoms with Gasteiger partial charge in [-0.05, 0) is 24.3 Å². The lowest BCUT2D eigenvalue weighted by Crippen LogP contribution is -2.21. The molecule has 0 saturated carbocycles. The summed E-state index contributed by atoms with van der Waals surface area (Å²) in [5.74, 6) is -0.233. The summed E-state index contributed by atoms with van der Waals surface area (Å²) in [6.45, 7) is 4.78. The summed E-state index contributed by atoms with van der Waals surface area (Å²) in [6.07, 6.45) is -4.67. The van der Waals surface area contributed by atoms with Crippen molar-refractivity contribution in [3.05, 3.63) is 34.7 Å². The van der Waals surface area contributed by atoms with Crippen molar-refractivity contribution in [3.63, 3.8) is 0 Å². The minimum Gasteiger partial charge on any atom is -0.406 e. The molecule has 0 aliphatic rings. The summed E-state index contributed by atoms with van der Waals surface area (Å²) >= 11 is 1.52. The second-order valence-corrected chi connectivity index (χ2v) is 5.68. The second-order valence-electron chi connectivity index (χ2n) is 4.73. The SMILES string of the molecule is CC(C)NCc1nc(-c2ccc(OC(F)(F)F)cc2)cs1. The predicted octanol–water partition coefficient (Wildman–Crippen LogP) is 4.21. The van der Waals surface area contributed by atoms with Gasteiger partial charge in [-0.2, -0.15) is 0 Å². The Morgan fingerprint density at radius 2 is 1.90 bits per heavy atom. The van der Waals surface area contributed by atoms with E-state index in [1.807, 2.05) is 19.2 Å². The Morgan fingerprint density at radius 1 is 1.24 bits per heavy atom. The third-order valence-corrected chi connectivity index (χ3v) is 3.45. The van der Waals surface area contributed by atoms with Crippen molar-refractivity contribution in [1.29, 1.82) is 0 Å². The van der Waals surface area contributed by atoms with Crippen LogP contribution in [0.5, 0.6) is 5.75 Å². The highest BCUT2D eigenvalue weighted by atomic mass is 32.1. The summed E-state index contributed by atoms with van der Waals surface area (Å²) in [5, 5.41) is 6.09. The number of rotatable bonds is 5. The van der Waals surface area contributed by atoms with Crippen LogP contribution in [0.3, 0.4) is 0 Å². The Kier molecular flexibility index (Phi) is 4.84. The zero-order valence-corrected chi connectivity index (χ0v) is 12.4. The predicted molar refractivity (Wildman–Crippen MR) is 76.2 cm³/mol. The molecule has 3 nitrogen and oxygen atoms in total. The molecule has 21 heavy (non-hydrogen) atoms. The number of alkyl halides is 3. The molecule has 0 aliphatic carbocycles. The maximum Gasteiger partial charge on any atom is 0.573 e. The highest BCUT2D eigenvalue weighted by Gasteiger charge is 2.30. The van der Waals surface area contributed by atoms with E-state index in [1.165, 1.54) is 23.5 Å².